The highest BCUT2D eigenvalue weighted by atomic mass is 79.9. The number of rotatable bonds is 4. The molecule has 0 bridgehead atoms. The smallest absolute Gasteiger partial charge is 0.255 e. The highest BCUT2D eigenvalue weighted by molar-refractivity contribution is 9.10. The van der Waals surface area contributed by atoms with Crippen molar-refractivity contribution in [2.45, 2.75) is 6.42 Å². The summed E-state index contributed by atoms with van der Waals surface area (Å²) in [7, 11) is 0. The molecule has 3 aromatic rings. The number of nitrogens with zero attached hydrogens (tertiary/aromatic N) is 3. The molecule has 0 atom stereocenters. The van der Waals surface area contributed by atoms with E-state index in [1.54, 1.807) is 18.3 Å². The summed E-state index contributed by atoms with van der Waals surface area (Å²) in [5, 5.41) is 2.87. The van der Waals surface area contributed by atoms with Crippen LogP contribution in [0.1, 0.15) is 27.1 Å². The molecule has 2 heterocycles. The van der Waals surface area contributed by atoms with E-state index in [0.29, 0.717) is 29.9 Å². The van der Waals surface area contributed by atoms with Gasteiger partial charge in [0, 0.05) is 41.8 Å². The van der Waals surface area contributed by atoms with Gasteiger partial charge in [-0.05, 0) is 55.0 Å². The molecule has 2 amide bonds. The fraction of sp³-hybridized carbons (Fsp3) is 0.208. The Morgan fingerprint density at radius 3 is 2.32 bits per heavy atom. The van der Waals surface area contributed by atoms with Crippen LogP contribution in [0.25, 0.3) is 0 Å². The molecule has 1 saturated heterocycles. The summed E-state index contributed by atoms with van der Waals surface area (Å²) in [5.41, 5.74) is 1.96. The van der Waals surface area contributed by atoms with Gasteiger partial charge in [0.2, 0.25) is 0 Å². The van der Waals surface area contributed by atoms with E-state index in [1.807, 2.05) is 59.5 Å². The second-order valence-corrected chi connectivity index (χ2v) is 8.28. The number of aromatic nitrogens is 1. The second-order valence-electron chi connectivity index (χ2n) is 7.36. The van der Waals surface area contributed by atoms with Crippen LogP contribution in [-0.4, -0.2) is 47.9 Å². The Morgan fingerprint density at radius 1 is 0.839 bits per heavy atom. The summed E-state index contributed by atoms with van der Waals surface area (Å²) in [6.45, 7) is 2.90. The standard InChI is InChI=1S/C24H23BrN4O2/c25-20-9-7-19(8-10-20)24(31)29-14-4-13-28(15-16-29)22-12-11-21(17-26-22)27-23(30)18-5-2-1-3-6-18/h1-3,5-12,17H,4,13-16H2,(H,27,30). The van der Waals surface area contributed by atoms with Gasteiger partial charge in [-0.3, -0.25) is 9.59 Å². The van der Waals surface area contributed by atoms with Gasteiger partial charge in [-0.25, -0.2) is 4.98 Å². The number of amides is 2. The maximum Gasteiger partial charge on any atom is 0.255 e. The van der Waals surface area contributed by atoms with E-state index < -0.39 is 0 Å². The number of hydrogen-bond donors (Lipinski definition) is 1. The fourth-order valence-corrected chi connectivity index (χ4v) is 3.83. The van der Waals surface area contributed by atoms with Crippen LogP contribution >= 0.6 is 15.9 Å². The van der Waals surface area contributed by atoms with Gasteiger partial charge >= 0.3 is 0 Å². The Bertz CT molecular complexity index is 1040. The summed E-state index contributed by atoms with van der Waals surface area (Å²) >= 11 is 3.41. The largest absolute Gasteiger partial charge is 0.355 e. The molecule has 0 aliphatic carbocycles. The van der Waals surface area contributed by atoms with Crippen LogP contribution in [0.2, 0.25) is 0 Å². The first kappa shape index (κ1) is 21.1. The molecule has 0 spiro atoms. The quantitative estimate of drug-likeness (QED) is 0.601. The van der Waals surface area contributed by atoms with Crippen molar-refractivity contribution in [3.8, 4) is 0 Å². The van der Waals surface area contributed by atoms with Crippen LogP contribution in [0.4, 0.5) is 11.5 Å². The van der Waals surface area contributed by atoms with Gasteiger partial charge in [0.1, 0.15) is 5.82 Å². The van der Waals surface area contributed by atoms with Gasteiger partial charge < -0.3 is 15.1 Å². The third kappa shape index (κ3) is 5.30. The summed E-state index contributed by atoms with van der Waals surface area (Å²) in [4.78, 5) is 33.7. The Hall–Kier alpha value is -3.19. The number of benzene rings is 2. The second kappa shape index (κ2) is 9.75. The highest BCUT2D eigenvalue weighted by Gasteiger charge is 2.21. The number of halogens is 1. The summed E-state index contributed by atoms with van der Waals surface area (Å²) in [5.74, 6) is 0.740. The van der Waals surface area contributed by atoms with E-state index in [2.05, 4.69) is 31.1 Å². The van der Waals surface area contributed by atoms with Crippen LogP contribution in [-0.2, 0) is 0 Å². The van der Waals surface area contributed by atoms with E-state index in [9.17, 15) is 9.59 Å². The Kier molecular flexibility index (Phi) is 6.62. The normalized spacial score (nSPS) is 14.1. The molecule has 1 aliphatic heterocycles. The molecule has 4 rings (SSSR count). The molecular weight excluding hydrogens is 456 g/mol. The van der Waals surface area contributed by atoms with Gasteiger partial charge in [-0.15, -0.1) is 0 Å². The number of carbonyl (C=O) groups is 2. The molecule has 0 saturated carbocycles. The van der Waals surface area contributed by atoms with Crippen molar-refractivity contribution in [2.24, 2.45) is 0 Å². The molecule has 1 fully saturated rings. The lowest BCUT2D eigenvalue weighted by atomic mass is 10.2. The first-order valence-electron chi connectivity index (χ1n) is 10.2. The minimum absolute atomic E-state index is 0.0567. The molecule has 31 heavy (non-hydrogen) atoms. The fourth-order valence-electron chi connectivity index (χ4n) is 3.56. The predicted octanol–water partition coefficient (Wildman–Crippen LogP) is 4.45. The first-order valence-corrected chi connectivity index (χ1v) is 11.0. The SMILES string of the molecule is O=C(Nc1ccc(N2CCCN(C(=O)c3ccc(Br)cc3)CC2)nc1)c1ccccc1. The first-order chi connectivity index (χ1) is 15.1. The van der Waals surface area contributed by atoms with Crippen molar-refractivity contribution in [1.29, 1.82) is 0 Å². The van der Waals surface area contributed by atoms with Crippen LogP contribution in [0.5, 0.6) is 0 Å². The molecule has 7 heteroatoms. The molecule has 158 valence electrons. The summed E-state index contributed by atoms with van der Waals surface area (Å²) < 4.78 is 0.959. The molecule has 1 N–H and O–H groups in total. The highest BCUT2D eigenvalue weighted by Crippen LogP contribution is 2.18. The van der Waals surface area contributed by atoms with Gasteiger partial charge in [0.15, 0.2) is 0 Å². The van der Waals surface area contributed by atoms with Gasteiger partial charge in [0.05, 0.1) is 11.9 Å². The topological polar surface area (TPSA) is 65.5 Å². The molecule has 1 aliphatic rings. The van der Waals surface area contributed by atoms with E-state index >= 15 is 0 Å². The van der Waals surface area contributed by atoms with Crippen molar-refractivity contribution in [1.82, 2.24) is 9.88 Å². The van der Waals surface area contributed by atoms with Crippen LogP contribution in [0, 0.1) is 0 Å². The number of nitrogens with one attached hydrogen (secondary N) is 1. The molecule has 6 nitrogen and oxygen atoms in total. The number of pyridine rings is 1. The molecule has 0 radical (unpaired) electrons. The summed E-state index contributed by atoms with van der Waals surface area (Å²) in [6, 6.07) is 20.3. The molecule has 1 aromatic heterocycles. The van der Waals surface area contributed by atoms with Crippen LogP contribution in [0.3, 0.4) is 0 Å². The zero-order valence-electron chi connectivity index (χ0n) is 17.0. The molecule has 0 unspecified atom stereocenters. The van der Waals surface area contributed by atoms with E-state index in [1.165, 1.54) is 0 Å². The maximum atomic E-state index is 12.8. The van der Waals surface area contributed by atoms with Gasteiger partial charge in [0.25, 0.3) is 11.8 Å². The monoisotopic (exact) mass is 478 g/mol. The van der Waals surface area contributed by atoms with E-state index in [-0.39, 0.29) is 11.8 Å². The van der Waals surface area contributed by atoms with E-state index in [4.69, 9.17) is 0 Å². The number of anilines is 2. The molecular formula is C24H23BrN4O2. The van der Waals surface area contributed by atoms with Crippen molar-refractivity contribution < 1.29 is 9.59 Å². The zero-order valence-corrected chi connectivity index (χ0v) is 18.6. The van der Waals surface area contributed by atoms with Gasteiger partial charge in [-0.2, -0.15) is 0 Å². The lowest BCUT2D eigenvalue weighted by Crippen LogP contribution is -2.35. The van der Waals surface area contributed by atoms with Crippen LogP contribution in [0.15, 0.2) is 77.4 Å². The number of carbonyl (C=O) groups excluding carboxylic acids is 2. The Balaban J connectivity index is 1.36. The van der Waals surface area contributed by atoms with Crippen molar-refractivity contribution in [2.75, 3.05) is 36.4 Å². The zero-order chi connectivity index (χ0) is 21.6. The minimum Gasteiger partial charge on any atom is -0.355 e. The summed E-state index contributed by atoms with van der Waals surface area (Å²) in [6.07, 6.45) is 2.54. The van der Waals surface area contributed by atoms with Gasteiger partial charge in [-0.1, -0.05) is 34.1 Å². The van der Waals surface area contributed by atoms with E-state index in [0.717, 1.165) is 29.8 Å². The Labute approximate surface area is 190 Å². The van der Waals surface area contributed by atoms with Crippen LogP contribution < -0.4 is 10.2 Å². The third-order valence-electron chi connectivity index (χ3n) is 5.24. The third-order valence-corrected chi connectivity index (χ3v) is 5.77. The molecule has 2 aromatic carbocycles. The maximum absolute atomic E-state index is 12.8. The Morgan fingerprint density at radius 2 is 1.61 bits per heavy atom. The lowest BCUT2D eigenvalue weighted by Gasteiger charge is -2.23. The average Bonchev–Trinajstić information content (AvgIpc) is 3.06. The van der Waals surface area contributed by atoms with Crippen molar-refractivity contribution in [3.63, 3.8) is 0 Å². The average molecular weight is 479 g/mol. The predicted molar refractivity (Wildman–Crippen MR) is 126 cm³/mol. The number of hydrogen-bond acceptors (Lipinski definition) is 4. The minimum atomic E-state index is -0.160. The van der Waals surface area contributed by atoms with Crippen molar-refractivity contribution >= 4 is 39.2 Å². The van der Waals surface area contributed by atoms with Crippen molar-refractivity contribution in [3.05, 3.63) is 88.5 Å². The lowest BCUT2D eigenvalue weighted by molar-refractivity contribution is 0.0767.